The molecule has 2 aromatic rings. The third kappa shape index (κ3) is 4.12. The van der Waals surface area contributed by atoms with Crippen molar-refractivity contribution in [2.45, 2.75) is 13.1 Å². The van der Waals surface area contributed by atoms with Crippen molar-refractivity contribution >= 4 is 11.6 Å². The van der Waals surface area contributed by atoms with Crippen LogP contribution in [0.2, 0.25) is 0 Å². The van der Waals surface area contributed by atoms with Crippen LogP contribution in [-0.2, 0) is 6.18 Å². The summed E-state index contributed by atoms with van der Waals surface area (Å²) in [4.78, 5) is 19.8. The lowest BCUT2D eigenvalue weighted by molar-refractivity contribution is -0.137. The zero-order chi connectivity index (χ0) is 17.7. The van der Waals surface area contributed by atoms with Crippen LogP contribution in [0, 0.1) is 0 Å². The van der Waals surface area contributed by atoms with Crippen LogP contribution < -0.4 is 14.8 Å². The van der Waals surface area contributed by atoms with E-state index in [1.807, 2.05) is 0 Å². The summed E-state index contributed by atoms with van der Waals surface area (Å²) in [6, 6.07) is 4.08. The molecule has 128 valence electrons. The van der Waals surface area contributed by atoms with Gasteiger partial charge in [0.05, 0.1) is 25.0 Å². The molecule has 0 saturated heterocycles. The number of hydrogen-bond acceptors (Lipinski definition) is 5. The predicted molar refractivity (Wildman–Crippen MR) is 79.2 cm³/mol. The van der Waals surface area contributed by atoms with Crippen molar-refractivity contribution in [2.75, 3.05) is 19.0 Å². The average molecular weight is 341 g/mol. The quantitative estimate of drug-likeness (QED) is 0.904. The van der Waals surface area contributed by atoms with Gasteiger partial charge in [0.25, 0.3) is 5.91 Å². The molecule has 0 aliphatic carbocycles. The Labute approximate surface area is 135 Å². The summed E-state index contributed by atoms with van der Waals surface area (Å²) in [5, 5.41) is 2.35. The van der Waals surface area contributed by atoms with E-state index in [4.69, 9.17) is 9.47 Å². The van der Waals surface area contributed by atoms with Crippen LogP contribution in [0.25, 0.3) is 0 Å². The van der Waals surface area contributed by atoms with Gasteiger partial charge >= 0.3 is 6.18 Å². The van der Waals surface area contributed by atoms with Crippen molar-refractivity contribution in [1.29, 1.82) is 0 Å². The highest BCUT2D eigenvalue weighted by Crippen LogP contribution is 2.35. The van der Waals surface area contributed by atoms with Gasteiger partial charge in [-0.2, -0.15) is 13.2 Å². The lowest BCUT2D eigenvalue weighted by atomic mass is 10.1. The summed E-state index contributed by atoms with van der Waals surface area (Å²) < 4.78 is 48.6. The maximum atomic E-state index is 12.8. The van der Waals surface area contributed by atoms with Crippen LogP contribution >= 0.6 is 0 Å². The van der Waals surface area contributed by atoms with E-state index in [0.717, 1.165) is 24.5 Å². The van der Waals surface area contributed by atoms with Gasteiger partial charge in [-0.25, -0.2) is 9.97 Å². The number of amides is 1. The number of methoxy groups -OCH3 is 1. The number of nitrogens with zero attached hydrogens (tertiary/aromatic N) is 2. The second-order valence-corrected chi connectivity index (χ2v) is 4.54. The Bertz CT molecular complexity index is 735. The molecule has 0 aliphatic rings. The monoisotopic (exact) mass is 341 g/mol. The van der Waals surface area contributed by atoms with E-state index in [1.165, 1.54) is 13.2 Å². The minimum Gasteiger partial charge on any atom is -0.495 e. The van der Waals surface area contributed by atoms with Gasteiger partial charge < -0.3 is 14.8 Å². The van der Waals surface area contributed by atoms with E-state index in [9.17, 15) is 18.0 Å². The van der Waals surface area contributed by atoms with Gasteiger partial charge in [0, 0.05) is 6.07 Å². The first kappa shape index (κ1) is 17.5. The van der Waals surface area contributed by atoms with Crippen molar-refractivity contribution in [1.82, 2.24) is 9.97 Å². The number of anilines is 1. The molecule has 0 unspecified atom stereocenters. The fraction of sp³-hybridized carbons (Fsp3) is 0.267. The first-order chi connectivity index (χ1) is 11.3. The second-order valence-electron chi connectivity index (χ2n) is 4.54. The molecule has 6 nitrogen and oxygen atoms in total. The number of rotatable bonds is 5. The molecule has 1 amide bonds. The molecule has 1 aromatic carbocycles. The number of aromatic nitrogens is 2. The normalized spacial score (nSPS) is 11.0. The molecule has 0 aliphatic heterocycles. The van der Waals surface area contributed by atoms with Gasteiger partial charge in [0.15, 0.2) is 0 Å². The summed E-state index contributed by atoms with van der Waals surface area (Å²) in [6.07, 6.45) is -3.41. The Kier molecular flexibility index (Phi) is 5.22. The molecule has 2 rings (SSSR count). The topological polar surface area (TPSA) is 73.3 Å². The van der Waals surface area contributed by atoms with E-state index in [-0.39, 0.29) is 23.0 Å². The standard InChI is InChI=1S/C15H14F3N3O3/c1-3-24-13-7-11(19-8-20-13)14(22)21-10-6-9(15(16,17)18)4-5-12(10)23-2/h4-8H,3H2,1-2H3,(H,21,22). The smallest absolute Gasteiger partial charge is 0.416 e. The number of alkyl halides is 3. The average Bonchev–Trinajstić information content (AvgIpc) is 2.54. The molecular weight excluding hydrogens is 327 g/mol. The number of ether oxygens (including phenoxy) is 2. The summed E-state index contributed by atoms with van der Waals surface area (Å²) in [7, 11) is 1.29. The largest absolute Gasteiger partial charge is 0.495 e. The number of nitrogens with one attached hydrogen (secondary N) is 1. The zero-order valence-electron chi connectivity index (χ0n) is 12.8. The van der Waals surface area contributed by atoms with Crippen LogP contribution in [0.4, 0.5) is 18.9 Å². The molecule has 0 bridgehead atoms. The second kappa shape index (κ2) is 7.16. The molecular formula is C15H14F3N3O3. The fourth-order valence-corrected chi connectivity index (χ4v) is 1.86. The molecule has 1 aromatic heterocycles. The summed E-state index contributed by atoms with van der Waals surface area (Å²) in [5.74, 6) is -0.430. The van der Waals surface area contributed by atoms with E-state index < -0.39 is 17.6 Å². The number of halogens is 3. The van der Waals surface area contributed by atoms with Gasteiger partial charge in [0.1, 0.15) is 17.8 Å². The summed E-state index contributed by atoms with van der Waals surface area (Å²) in [6.45, 7) is 2.09. The minimum absolute atomic E-state index is 0.0482. The number of carbonyl (C=O) groups is 1. The minimum atomic E-state index is -4.54. The van der Waals surface area contributed by atoms with E-state index >= 15 is 0 Å². The Balaban J connectivity index is 2.29. The third-order valence-corrected chi connectivity index (χ3v) is 2.94. The lowest BCUT2D eigenvalue weighted by Gasteiger charge is -2.13. The Morgan fingerprint density at radius 2 is 2.00 bits per heavy atom. The summed E-state index contributed by atoms with van der Waals surface area (Å²) in [5.41, 5.74) is -1.07. The highest BCUT2D eigenvalue weighted by Gasteiger charge is 2.31. The number of hydrogen-bond donors (Lipinski definition) is 1. The van der Waals surface area contributed by atoms with E-state index in [1.54, 1.807) is 6.92 Å². The van der Waals surface area contributed by atoms with E-state index in [0.29, 0.717) is 6.61 Å². The molecule has 24 heavy (non-hydrogen) atoms. The molecule has 9 heteroatoms. The fourth-order valence-electron chi connectivity index (χ4n) is 1.86. The molecule has 1 heterocycles. The Morgan fingerprint density at radius 1 is 1.25 bits per heavy atom. The van der Waals surface area contributed by atoms with Crippen molar-refractivity contribution in [3.8, 4) is 11.6 Å². The highest BCUT2D eigenvalue weighted by atomic mass is 19.4. The van der Waals surface area contributed by atoms with Gasteiger partial charge in [0.2, 0.25) is 5.88 Å². The van der Waals surface area contributed by atoms with Crippen LogP contribution in [0.1, 0.15) is 23.0 Å². The van der Waals surface area contributed by atoms with Crippen molar-refractivity contribution < 1.29 is 27.4 Å². The van der Waals surface area contributed by atoms with Gasteiger partial charge in [-0.1, -0.05) is 0 Å². The first-order valence-electron chi connectivity index (χ1n) is 6.86. The van der Waals surface area contributed by atoms with E-state index in [2.05, 4.69) is 15.3 Å². The lowest BCUT2D eigenvalue weighted by Crippen LogP contribution is -2.16. The maximum Gasteiger partial charge on any atom is 0.416 e. The molecule has 0 fully saturated rings. The first-order valence-corrected chi connectivity index (χ1v) is 6.86. The summed E-state index contributed by atoms with van der Waals surface area (Å²) >= 11 is 0. The van der Waals surface area contributed by atoms with Crippen molar-refractivity contribution in [3.05, 3.63) is 41.9 Å². The van der Waals surface area contributed by atoms with Crippen molar-refractivity contribution in [2.24, 2.45) is 0 Å². The Hall–Kier alpha value is -2.84. The van der Waals surface area contributed by atoms with Gasteiger partial charge in [-0.05, 0) is 25.1 Å². The highest BCUT2D eigenvalue weighted by molar-refractivity contribution is 6.03. The zero-order valence-corrected chi connectivity index (χ0v) is 12.8. The molecule has 0 atom stereocenters. The molecule has 0 radical (unpaired) electrons. The Morgan fingerprint density at radius 3 is 2.62 bits per heavy atom. The molecule has 0 saturated carbocycles. The van der Waals surface area contributed by atoms with Crippen molar-refractivity contribution in [3.63, 3.8) is 0 Å². The van der Waals surface area contributed by atoms with Gasteiger partial charge in [-0.15, -0.1) is 0 Å². The maximum absolute atomic E-state index is 12.8. The third-order valence-electron chi connectivity index (χ3n) is 2.94. The predicted octanol–water partition coefficient (Wildman–Crippen LogP) is 3.16. The molecule has 1 N–H and O–H groups in total. The molecule has 0 spiro atoms. The number of carbonyl (C=O) groups excluding carboxylic acids is 1. The SMILES string of the molecule is CCOc1cc(C(=O)Nc2cc(C(F)(F)F)ccc2OC)ncn1. The van der Waals surface area contributed by atoms with Crippen LogP contribution in [-0.4, -0.2) is 29.6 Å². The van der Waals surface area contributed by atoms with Gasteiger partial charge in [-0.3, -0.25) is 4.79 Å². The van der Waals surface area contributed by atoms with Crippen LogP contribution in [0.3, 0.4) is 0 Å². The number of benzene rings is 1. The van der Waals surface area contributed by atoms with Crippen LogP contribution in [0.5, 0.6) is 11.6 Å². The van der Waals surface area contributed by atoms with Crippen LogP contribution in [0.15, 0.2) is 30.6 Å².